The van der Waals surface area contributed by atoms with Gasteiger partial charge >= 0.3 is 12.5 Å². The topological polar surface area (TPSA) is 76.6 Å². The van der Waals surface area contributed by atoms with E-state index in [0.29, 0.717) is 24.1 Å². The number of nitrogens with zero attached hydrogens (tertiary/aromatic N) is 2. The van der Waals surface area contributed by atoms with Gasteiger partial charge in [0, 0.05) is 29.8 Å². The highest BCUT2D eigenvalue weighted by atomic mass is 32.2. The lowest BCUT2D eigenvalue weighted by molar-refractivity contribution is -0.253. The minimum absolute atomic E-state index is 0.0150. The zero-order chi connectivity index (χ0) is 28.3. The molecule has 0 saturated carbocycles. The van der Waals surface area contributed by atoms with E-state index in [-0.39, 0.29) is 35.0 Å². The second kappa shape index (κ2) is 9.32. The van der Waals surface area contributed by atoms with Crippen molar-refractivity contribution in [2.45, 2.75) is 58.0 Å². The molecule has 0 amide bonds. The number of benzene rings is 1. The van der Waals surface area contributed by atoms with Crippen LogP contribution in [0.4, 0.5) is 33.5 Å². The number of carbonyl (C=O) groups excluding carboxylic acids is 1. The summed E-state index contributed by atoms with van der Waals surface area (Å²) >= 11 is 0. The molecule has 0 aliphatic carbocycles. The summed E-state index contributed by atoms with van der Waals surface area (Å²) in [4.78, 5) is 18.7. The normalized spacial score (nSPS) is 19.9. The monoisotopic (exact) mass is 558 g/mol. The molecule has 12 heteroatoms. The molecule has 38 heavy (non-hydrogen) atoms. The summed E-state index contributed by atoms with van der Waals surface area (Å²) in [6, 6.07) is 4.55. The van der Waals surface area contributed by atoms with E-state index in [9.17, 15) is 30.8 Å². The summed E-state index contributed by atoms with van der Waals surface area (Å²) in [7, 11) is -3.14. The highest BCUT2D eigenvalue weighted by Gasteiger charge is 2.45. The van der Waals surface area contributed by atoms with Gasteiger partial charge < -0.3 is 4.74 Å². The van der Waals surface area contributed by atoms with Crippen LogP contribution in [0.15, 0.2) is 42.7 Å². The molecule has 3 heterocycles. The van der Waals surface area contributed by atoms with Crippen LogP contribution in [-0.4, -0.2) is 43.2 Å². The van der Waals surface area contributed by atoms with E-state index >= 15 is 4.39 Å². The van der Waals surface area contributed by atoms with E-state index in [1.54, 1.807) is 13.8 Å². The molecule has 0 spiro atoms. The summed E-state index contributed by atoms with van der Waals surface area (Å²) in [6.07, 6.45) is -7.10. The van der Waals surface area contributed by atoms with Crippen LogP contribution in [0.2, 0.25) is 0 Å². The Morgan fingerprint density at radius 3 is 2.42 bits per heavy atom. The van der Waals surface area contributed by atoms with Crippen molar-refractivity contribution >= 4 is 27.1 Å². The molecule has 0 unspecified atom stereocenters. The fourth-order valence-electron chi connectivity index (χ4n) is 4.78. The largest absolute Gasteiger partial charge is 0.461 e. The Kier molecular flexibility index (Phi) is 6.87. The number of anilines is 2. The minimum atomic E-state index is -4.72. The summed E-state index contributed by atoms with van der Waals surface area (Å²) in [6.45, 7) is 9.42. The van der Waals surface area contributed by atoms with Crippen molar-refractivity contribution in [2.75, 3.05) is 16.4 Å². The molecule has 2 aromatic rings. The number of allylic oxidation sites excluding steroid dienone is 1. The average Bonchev–Trinajstić information content (AvgIpc) is 3.00. The Hall–Kier alpha value is -3.02. The number of Topliss-reactive ketones (excluding diaryl/α,β-unsaturated/α-hetero) is 1. The number of hydrogen-bond donors (Lipinski definition) is 0. The quantitative estimate of drug-likeness (QED) is 0.298. The Labute approximate surface area is 217 Å². The molecule has 1 saturated heterocycles. The molecule has 6 nitrogen and oxygen atoms in total. The molecular formula is C26H27F5N2O4S. The molecule has 4 rings (SSSR count). The molecule has 1 aromatic heterocycles. The van der Waals surface area contributed by atoms with Crippen LogP contribution in [0.3, 0.4) is 0 Å². The Morgan fingerprint density at radius 2 is 1.82 bits per heavy atom. The third kappa shape index (κ3) is 5.14. The fraction of sp³-hybridized carbons (Fsp3) is 0.462. The maximum atomic E-state index is 15.4. The van der Waals surface area contributed by atoms with Gasteiger partial charge in [-0.3, -0.25) is 9.69 Å². The Bertz CT molecular complexity index is 1390. The number of aromatic nitrogens is 1. The summed E-state index contributed by atoms with van der Waals surface area (Å²) in [5, 5.41) is 0. The van der Waals surface area contributed by atoms with Gasteiger partial charge in [-0.25, -0.2) is 17.8 Å². The maximum absolute atomic E-state index is 15.4. The number of ether oxygens (including phenoxy) is 1. The predicted octanol–water partition coefficient (Wildman–Crippen LogP) is 6.19. The number of hydrogen-bond acceptors (Lipinski definition) is 6. The summed E-state index contributed by atoms with van der Waals surface area (Å²) < 4.78 is 95.2. The van der Waals surface area contributed by atoms with Crippen molar-refractivity contribution < 1.29 is 39.9 Å². The lowest BCUT2D eigenvalue weighted by Crippen LogP contribution is -2.33. The number of halogens is 5. The van der Waals surface area contributed by atoms with Gasteiger partial charge in [0.2, 0.25) is 0 Å². The number of alkyl halides is 4. The van der Waals surface area contributed by atoms with Crippen molar-refractivity contribution in [2.24, 2.45) is 5.41 Å². The van der Waals surface area contributed by atoms with Crippen LogP contribution < -0.4 is 9.64 Å². The number of ketones is 1. The lowest BCUT2D eigenvalue weighted by atomic mass is 9.77. The lowest BCUT2D eigenvalue weighted by Gasteiger charge is -2.32. The molecule has 0 N–H and O–H groups in total. The van der Waals surface area contributed by atoms with Gasteiger partial charge in [-0.15, -0.1) is 0 Å². The van der Waals surface area contributed by atoms with Gasteiger partial charge in [0.05, 0.1) is 22.8 Å². The van der Waals surface area contributed by atoms with Crippen molar-refractivity contribution in [3.8, 4) is 5.75 Å². The van der Waals surface area contributed by atoms with Gasteiger partial charge in [-0.05, 0) is 42.0 Å². The van der Waals surface area contributed by atoms with Crippen LogP contribution in [-0.2, 0) is 15.3 Å². The van der Waals surface area contributed by atoms with Crippen molar-refractivity contribution in [3.63, 3.8) is 0 Å². The first-order chi connectivity index (χ1) is 17.5. The van der Waals surface area contributed by atoms with Crippen LogP contribution in [0, 0.1) is 11.2 Å². The van der Waals surface area contributed by atoms with Crippen molar-refractivity contribution in [1.29, 1.82) is 0 Å². The van der Waals surface area contributed by atoms with Crippen LogP contribution in [0.25, 0.3) is 0 Å². The highest BCUT2D eigenvalue weighted by molar-refractivity contribution is 7.91. The predicted molar refractivity (Wildman–Crippen MR) is 131 cm³/mol. The third-order valence-corrected chi connectivity index (χ3v) is 9.02. The second-order valence-corrected chi connectivity index (χ2v) is 12.9. The molecule has 2 aliphatic rings. The minimum Gasteiger partial charge on any atom is -0.428 e. The number of fused-ring (bicyclic) bond motifs is 1. The van der Waals surface area contributed by atoms with Gasteiger partial charge in [-0.2, -0.15) is 17.6 Å². The maximum Gasteiger partial charge on any atom is 0.461 e. The molecular weight excluding hydrogens is 531 g/mol. The second-order valence-electron chi connectivity index (χ2n) is 10.6. The van der Waals surface area contributed by atoms with E-state index < -0.39 is 50.6 Å². The fourth-order valence-corrected chi connectivity index (χ4v) is 6.59. The summed E-state index contributed by atoms with van der Waals surface area (Å²) in [5.41, 5.74) is -0.409. The first-order valence-electron chi connectivity index (χ1n) is 11.8. The van der Waals surface area contributed by atoms with Crippen LogP contribution in [0.1, 0.15) is 56.0 Å². The third-order valence-electron chi connectivity index (χ3n) is 7.37. The smallest absolute Gasteiger partial charge is 0.428 e. The first-order valence-corrected chi connectivity index (χ1v) is 13.7. The Morgan fingerprint density at radius 1 is 1.18 bits per heavy atom. The SMILES string of the molecule is C=C1N(c2cc(OC(F)(F)C(F)F)ccn2)c2cc(F)c(C(=O)CC3(C)CCS(=O)(=O)CC3)cc2C1(C)C. The van der Waals surface area contributed by atoms with Crippen LogP contribution >= 0.6 is 0 Å². The Balaban J connectivity index is 1.67. The van der Waals surface area contributed by atoms with Gasteiger partial charge in [0.25, 0.3) is 0 Å². The van der Waals surface area contributed by atoms with E-state index in [1.165, 1.54) is 11.0 Å². The van der Waals surface area contributed by atoms with E-state index in [1.807, 2.05) is 6.92 Å². The molecule has 2 aliphatic heterocycles. The number of rotatable bonds is 7. The van der Waals surface area contributed by atoms with Crippen molar-refractivity contribution in [1.82, 2.24) is 4.98 Å². The number of pyridine rings is 1. The van der Waals surface area contributed by atoms with Crippen molar-refractivity contribution in [3.05, 3.63) is 59.7 Å². The zero-order valence-corrected chi connectivity index (χ0v) is 21.8. The van der Waals surface area contributed by atoms with E-state index in [4.69, 9.17) is 0 Å². The standard InChI is InChI=1S/C26H27F5N2O4S/c1-15-24(2,3)18-12-17(21(34)14-25(4)6-9-38(35,36)10-7-25)19(27)13-20(18)33(15)22-11-16(5-8-32-22)37-26(30,31)23(28)29/h5,8,11-13,23H,1,6-7,9-10,14H2,2-4H3. The van der Waals surface area contributed by atoms with Gasteiger partial charge in [0.1, 0.15) is 27.2 Å². The molecule has 206 valence electrons. The molecule has 0 radical (unpaired) electrons. The molecule has 0 atom stereocenters. The number of sulfone groups is 1. The summed E-state index contributed by atoms with van der Waals surface area (Å²) in [5.74, 6) is -1.93. The number of carbonyl (C=O) groups is 1. The van der Waals surface area contributed by atoms with Gasteiger partial charge in [0.15, 0.2) is 5.78 Å². The van der Waals surface area contributed by atoms with Crippen LogP contribution in [0.5, 0.6) is 5.75 Å². The average molecular weight is 559 g/mol. The molecule has 1 fully saturated rings. The molecule has 0 bridgehead atoms. The highest BCUT2D eigenvalue weighted by Crippen LogP contribution is 2.51. The first kappa shape index (κ1) is 28.0. The van der Waals surface area contributed by atoms with E-state index in [0.717, 1.165) is 24.4 Å². The van der Waals surface area contributed by atoms with Gasteiger partial charge in [-0.1, -0.05) is 27.4 Å². The molecule has 1 aromatic carbocycles. The zero-order valence-electron chi connectivity index (χ0n) is 21.0. The van der Waals surface area contributed by atoms with E-state index in [2.05, 4.69) is 16.3 Å².